The molecule has 0 bridgehead atoms. The Labute approximate surface area is 152 Å². The number of carboxylic acids is 1. The van der Waals surface area contributed by atoms with E-state index >= 15 is 0 Å². The Hall–Kier alpha value is -2.81. The molecular formula is C18H14F3NO4S. The first kappa shape index (κ1) is 19.0. The molecule has 142 valence electrons. The van der Waals surface area contributed by atoms with Gasteiger partial charge in [0.25, 0.3) is 10.0 Å². The molecule has 1 N–H and O–H groups in total. The molecule has 0 spiro atoms. The Kier molecular flexibility index (Phi) is 4.73. The number of aryl methyl sites for hydroxylation is 1. The Balaban J connectivity index is 2.29. The zero-order valence-corrected chi connectivity index (χ0v) is 14.6. The summed E-state index contributed by atoms with van der Waals surface area (Å²) in [6, 6.07) is 11.5. The summed E-state index contributed by atoms with van der Waals surface area (Å²) in [7, 11) is -4.21. The zero-order valence-electron chi connectivity index (χ0n) is 13.8. The van der Waals surface area contributed by atoms with Crippen molar-refractivity contribution >= 4 is 26.9 Å². The summed E-state index contributed by atoms with van der Waals surface area (Å²) >= 11 is 0. The molecule has 0 amide bonds. The molecule has 1 heterocycles. The van der Waals surface area contributed by atoms with E-state index in [9.17, 15) is 26.4 Å². The number of rotatable bonds is 5. The van der Waals surface area contributed by atoms with Gasteiger partial charge in [0.15, 0.2) is 0 Å². The normalized spacial score (nSPS) is 12.4. The van der Waals surface area contributed by atoms with E-state index in [0.29, 0.717) is 0 Å². The van der Waals surface area contributed by atoms with Gasteiger partial charge in [0, 0.05) is 11.1 Å². The molecule has 9 heteroatoms. The molecule has 0 saturated heterocycles. The van der Waals surface area contributed by atoms with E-state index in [0.717, 1.165) is 16.1 Å². The summed E-state index contributed by atoms with van der Waals surface area (Å²) < 4.78 is 66.2. The van der Waals surface area contributed by atoms with Crippen LogP contribution in [0.25, 0.3) is 10.9 Å². The van der Waals surface area contributed by atoms with Crippen molar-refractivity contribution in [3.8, 4) is 0 Å². The highest BCUT2D eigenvalue weighted by Gasteiger charge is 2.32. The molecule has 0 aliphatic carbocycles. The number of aromatic nitrogens is 1. The van der Waals surface area contributed by atoms with Gasteiger partial charge in [0.2, 0.25) is 0 Å². The fraction of sp³-hybridized carbons (Fsp3) is 0.167. The van der Waals surface area contributed by atoms with Gasteiger partial charge in [-0.1, -0.05) is 24.3 Å². The second kappa shape index (κ2) is 6.73. The van der Waals surface area contributed by atoms with Crippen LogP contribution in [0, 0.1) is 0 Å². The van der Waals surface area contributed by atoms with Crippen LogP contribution in [0.15, 0.2) is 59.5 Å². The highest BCUT2D eigenvalue weighted by atomic mass is 32.2. The van der Waals surface area contributed by atoms with Crippen molar-refractivity contribution in [2.75, 3.05) is 0 Å². The number of carbonyl (C=O) groups is 1. The molecule has 0 aliphatic heterocycles. The third-order valence-corrected chi connectivity index (χ3v) is 5.82. The SMILES string of the molecule is O=C(O)CCc1cc2ccc(C(F)(F)F)cc2n1S(=O)(=O)c1ccccc1. The van der Waals surface area contributed by atoms with Gasteiger partial charge in [-0.3, -0.25) is 4.79 Å². The first-order valence-electron chi connectivity index (χ1n) is 7.85. The highest BCUT2D eigenvalue weighted by Crippen LogP contribution is 2.34. The van der Waals surface area contributed by atoms with Crippen LogP contribution in [0.1, 0.15) is 17.7 Å². The summed E-state index contributed by atoms with van der Waals surface area (Å²) in [5, 5.41) is 9.18. The van der Waals surface area contributed by atoms with Crippen molar-refractivity contribution in [3.63, 3.8) is 0 Å². The van der Waals surface area contributed by atoms with Gasteiger partial charge in [0.05, 0.1) is 22.4 Å². The lowest BCUT2D eigenvalue weighted by Gasteiger charge is -2.13. The molecular weight excluding hydrogens is 383 g/mol. The molecule has 0 unspecified atom stereocenters. The Morgan fingerprint density at radius 1 is 1.04 bits per heavy atom. The van der Waals surface area contributed by atoms with Gasteiger partial charge in [-0.25, -0.2) is 12.4 Å². The van der Waals surface area contributed by atoms with Crippen LogP contribution in [0.3, 0.4) is 0 Å². The van der Waals surface area contributed by atoms with Crippen LogP contribution >= 0.6 is 0 Å². The third-order valence-electron chi connectivity index (χ3n) is 4.04. The molecule has 0 atom stereocenters. The molecule has 2 aromatic carbocycles. The van der Waals surface area contributed by atoms with Crippen molar-refractivity contribution in [2.45, 2.75) is 23.9 Å². The van der Waals surface area contributed by atoms with Gasteiger partial charge < -0.3 is 5.11 Å². The maximum atomic E-state index is 13.1. The standard InChI is InChI=1S/C18H14F3NO4S/c19-18(20,21)13-7-6-12-10-14(8-9-17(23)24)22(16(12)11-13)27(25,26)15-4-2-1-3-5-15/h1-7,10-11H,8-9H2,(H,23,24). The van der Waals surface area contributed by atoms with Crippen molar-refractivity contribution in [1.29, 1.82) is 0 Å². The summed E-state index contributed by atoms with van der Waals surface area (Å²) in [5.41, 5.74) is -1.02. The summed E-state index contributed by atoms with van der Waals surface area (Å²) in [6.45, 7) is 0. The first-order valence-corrected chi connectivity index (χ1v) is 9.29. The highest BCUT2D eigenvalue weighted by molar-refractivity contribution is 7.90. The van der Waals surface area contributed by atoms with Gasteiger partial charge in [0.1, 0.15) is 0 Å². The molecule has 0 radical (unpaired) electrons. The number of benzene rings is 2. The second-order valence-electron chi connectivity index (χ2n) is 5.88. The predicted octanol–water partition coefficient (Wildman–Crippen LogP) is 3.91. The maximum Gasteiger partial charge on any atom is 0.416 e. The topological polar surface area (TPSA) is 76.4 Å². The number of aliphatic carboxylic acids is 1. The molecule has 0 saturated carbocycles. The fourth-order valence-electron chi connectivity index (χ4n) is 2.80. The zero-order chi connectivity index (χ0) is 19.8. The van der Waals surface area contributed by atoms with Crippen molar-refractivity contribution < 1.29 is 31.5 Å². The first-order chi connectivity index (χ1) is 12.6. The van der Waals surface area contributed by atoms with E-state index in [4.69, 9.17) is 5.11 Å². The molecule has 0 fully saturated rings. The molecule has 3 aromatic rings. The van der Waals surface area contributed by atoms with E-state index in [1.54, 1.807) is 6.07 Å². The van der Waals surface area contributed by atoms with E-state index in [1.807, 2.05) is 0 Å². The van der Waals surface area contributed by atoms with E-state index in [2.05, 4.69) is 0 Å². The molecule has 1 aromatic heterocycles. The number of hydrogen-bond donors (Lipinski definition) is 1. The molecule has 3 rings (SSSR count). The summed E-state index contributed by atoms with van der Waals surface area (Å²) in [6.07, 6.45) is -5.13. The third kappa shape index (κ3) is 3.68. The van der Waals surface area contributed by atoms with E-state index < -0.39 is 27.7 Å². The largest absolute Gasteiger partial charge is 0.481 e. The minimum Gasteiger partial charge on any atom is -0.481 e. The van der Waals surface area contributed by atoms with Gasteiger partial charge in [-0.05, 0) is 36.8 Å². The van der Waals surface area contributed by atoms with Crippen molar-refractivity contribution in [3.05, 3.63) is 65.9 Å². The van der Waals surface area contributed by atoms with Crippen molar-refractivity contribution in [2.24, 2.45) is 0 Å². The predicted molar refractivity (Wildman–Crippen MR) is 91.9 cm³/mol. The van der Waals surface area contributed by atoms with Gasteiger partial charge >= 0.3 is 12.1 Å². The maximum absolute atomic E-state index is 13.1. The average molecular weight is 397 g/mol. The minimum absolute atomic E-state index is 0.100. The summed E-state index contributed by atoms with van der Waals surface area (Å²) in [4.78, 5) is 10.8. The van der Waals surface area contributed by atoms with Crippen LogP contribution in [0.5, 0.6) is 0 Å². The number of fused-ring (bicyclic) bond motifs is 1. The van der Waals surface area contributed by atoms with E-state index in [1.165, 1.54) is 36.4 Å². The van der Waals surface area contributed by atoms with Crippen LogP contribution in [0.2, 0.25) is 0 Å². The monoisotopic (exact) mass is 397 g/mol. The van der Waals surface area contributed by atoms with E-state index in [-0.39, 0.29) is 34.3 Å². The number of nitrogens with zero attached hydrogens (tertiary/aromatic N) is 1. The fourth-order valence-corrected chi connectivity index (χ4v) is 4.38. The van der Waals surface area contributed by atoms with Crippen LogP contribution in [-0.4, -0.2) is 23.5 Å². The molecule has 5 nitrogen and oxygen atoms in total. The summed E-state index contributed by atoms with van der Waals surface area (Å²) in [5.74, 6) is -1.14. The Morgan fingerprint density at radius 2 is 1.70 bits per heavy atom. The Morgan fingerprint density at radius 3 is 2.30 bits per heavy atom. The van der Waals surface area contributed by atoms with Gasteiger partial charge in [-0.15, -0.1) is 0 Å². The van der Waals surface area contributed by atoms with Crippen LogP contribution in [-0.2, 0) is 27.4 Å². The molecule has 0 aliphatic rings. The van der Waals surface area contributed by atoms with Crippen LogP contribution < -0.4 is 0 Å². The number of hydrogen-bond acceptors (Lipinski definition) is 3. The lowest BCUT2D eigenvalue weighted by Crippen LogP contribution is -2.16. The number of halogens is 3. The minimum atomic E-state index is -4.64. The number of carboxylic acid groups (broad SMARTS) is 1. The second-order valence-corrected chi connectivity index (χ2v) is 7.67. The smallest absolute Gasteiger partial charge is 0.416 e. The van der Waals surface area contributed by atoms with Crippen molar-refractivity contribution in [1.82, 2.24) is 3.97 Å². The van der Waals surface area contributed by atoms with Gasteiger partial charge in [-0.2, -0.15) is 13.2 Å². The quantitative estimate of drug-likeness (QED) is 0.708. The lowest BCUT2D eigenvalue weighted by molar-refractivity contribution is -0.138. The lowest BCUT2D eigenvalue weighted by atomic mass is 10.1. The number of alkyl halides is 3. The molecule has 27 heavy (non-hydrogen) atoms. The average Bonchev–Trinajstić information content (AvgIpc) is 2.98. The Bertz CT molecular complexity index is 1100. The van der Waals surface area contributed by atoms with Crippen LogP contribution in [0.4, 0.5) is 13.2 Å².